The Bertz CT molecular complexity index is 286. The summed E-state index contributed by atoms with van der Waals surface area (Å²) in [5, 5.41) is 10.1. The summed E-state index contributed by atoms with van der Waals surface area (Å²) < 4.78 is 11.6. The Balaban J connectivity index is 2.68. The molecular weight excluding hydrogens is 233 g/mol. The van der Waals surface area contributed by atoms with Gasteiger partial charge in [0, 0.05) is 0 Å². The van der Waals surface area contributed by atoms with Crippen molar-refractivity contribution >= 4 is 39.5 Å². The molecule has 0 unspecified atom stereocenters. The molecule has 0 aromatic heterocycles. The van der Waals surface area contributed by atoms with Crippen LogP contribution in [0, 0.1) is 5.41 Å². The summed E-state index contributed by atoms with van der Waals surface area (Å²) in [4.78, 5) is 16.4. The number of carbonyl (C=O) groups is 1. The van der Waals surface area contributed by atoms with E-state index >= 15 is 0 Å². The zero-order valence-electron chi connectivity index (χ0n) is 7.00. The molecular formula is C6H7ClFN3O2S. The Kier molecular flexibility index (Phi) is 4.15. The van der Waals surface area contributed by atoms with E-state index in [2.05, 4.69) is 9.99 Å². The Morgan fingerprint density at radius 1 is 1.86 bits per heavy atom. The number of nitrogens with one attached hydrogen (secondary N) is 1. The highest BCUT2D eigenvalue weighted by Gasteiger charge is 2.25. The fourth-order valence-electron chi connectivity index (χ4n) is 0.860. The lowest BCUT2D eigenvalue weighted by Crippen LogP contribution is -2.33. The maximum absolute atomic E-state index is 11.6. The Hall–Kier alpha value is -0.820. The minimum atomic E-state index is -1.12. The van der Waals surface area contributed by atoms with E-state index in [1.807, 2.05) is 0 Å². The monoisotopic (exact) mass is 239 g/mol. The molecule has 1 aliphatic heterocycles. The van der Waals surface area contributed by atoms with Crippen LogP contribution in [0.3, 0.4) is 0 Å². The maximum Gasteiger partial charge on any atom is 0.291 e. The molecule has 8 heteroatoms. The lowest BCUT2D eigenvalue weighted by Gasteiger charge is -2.13. The van der Waals surface area contributed by atoms with Crippen molar-refractivity contribution in [3.63, 3.8) is 0 Å². The number of hydrogen-bond donors (Lipinski definition) is 1. The molecule has 1 aliphatic rings. The first-order valence-corrected chi connectivity index (χ1v) is 4.92. The van der Waals surface area contributed by atoms with Crippen molar-refractivity contribution in [2.75, 3.05) is 19.3 Å². The fraction of sp³-hybridized carbons (Fsp3) is 0.500. The van der Waals surface area contributed by atoms with Gasteiger partial charge in [0.1, 0.15) is 0 Å². The molecule has 0 aliphatic carbocycles. The molecule has 14 heavy (non-hydrogen) atoms. The third-order valence-corrected chi connectivity index (χ3v) is 2.49. The molecule has 0 bridgehead atoms. The van der Waals surface area contributed by atoms with Crippen molar-refractivity contribution in [1.82, 2.24) is 4.90 Å². The van der Waals surface area contributed by atoms with Gasteiger partial charge in [-0.25, -0.2) is 4.39 Å². The summed E-state index contributed by atoms with van der Waals surface area (Å²) in [5.41, 5.74) is 0. The summed E-state index contributed by atoms with van der Waals surface area (Å²) in [6, 6.07) is 0. The number of halogens is 2. The molecule has 5 nitrogen and oxygen atoms in total. The molecule has 1 N–H and O–H groups in total. The normalized spacial score (nSPS) is 17.4. The van der Waals surface area contributed by atoms with Crippen molar-refractivity contribution in [3.05, 3.63) is 0 Å². The molecule has 0 aromatic rings. The van der Waals surface area contributed by atoms with E-state index in [0.717, 1.165) is 0 Å². The van der Waals surface area contributed by atoms with Gasteiger partial charge >= 0.3 is 0 Å². The largest absolute Gasteiger partial charge is 0.360 e. The smallest absolute Gasteiger partial charge is 0.291 e. The maximum atomic E-state index is 11.6. The molecule has 0 aromatic carbocycles. The van der Waals surface area contributed by atoms with E-state index in [4.69, 9.17) is 17.0 Å². The SMILES string of the molecule is N=C1CN(C(=NOCF)C(=O)Cl)CS1. The average molecular weight is 240 g/mol. The Labute approximate surface area is 88.7 Å². The first-order valence-electron chi connectivity index (χ1n) is 3.56. The van der Waals surface area contributed by atoms with Crippen LogP contribution in [0.1, 0.15) is 0 Å². The van der Waals surface area contributed by atoms with E-state index in [1.54, 1.807) is 0 Å². The highest BCUT2D eigenvalue weighted by Crippen LogP contribution is 2.17. The van der Waals surface area contributed by atoms with E-state index in [-0.39, 0.29) is 12.4 Å². The van der Waals surface area contributed by atoms with Gasteiger partial charge in [-0.05, 0) is 11.6 Å². The van der Waals surface area contributed by atoms with Crippen LogP contribution >= 0.6 is 23.4 Å². The Morgan fingerprint density at radius 2 is 2.57 bits per heavy atom. The van der Waals surface area contributed by atoms with Gasteiger partial charge in [0.15, 0.2) is 0 Å². The molecule has 1 rings (SSSR count). The first kappa shape index (κ1) is 11.3. The van der Waals surface area contributed by atoms with Crippen LogP contribution in [-0.2, 0) is 9.63 Å². The van der Waals surface area contributed by atoms with Gasteiger partial charge in [0.25, 0.3) is 12.1 Å². The number of nitrogens with zero attached hydrogens (tertiary/aromatic N) is 2. The quantitative estimate of drug-likeness (QED) is 0.345. The molecule has 0 saturated carbocycles. The van der Waals surface area contributed by atoms with Crippen LogP contribution in [0.25, 0.3) is 0 Å². The number of thioether (sulfide) groups is 1. The lowest BCUT2D eigenvalue weighted by molar-refractivity contribution is -0.107. The summed E-state index contributed by atoms with van der Waals surface area (Å²) in [7, 11) is 0. The van der Waals surface area contributed by atoms with Gasteiger partial charge in [0.2, 0.25) is 5.84 Å². The number of carbonyl (C=O) groups excluding carboxylic acids is 1. The second-order valence-corrected chi connectivity index (χ2v) is 3.70. The minimum Gasteiger partial charge on any atom is -0.360 e. The molecule has 1 heterocycles. The number of hydrogen-bond acceptors (Lipinski definition) is 5. The number of oxime groups is 1. The molecule has 0 radical (unpaired) electrons. The van der Waals surface area contributed by atoms with Crippen molar-refractivity contribution in [3.8, 4) is 0 Å². The van der Waals surface area contributed by atoms with E-state index in [0.29, 0.717) is 10.9 Å². The summed E-state index contributed by atoms with van der Waals surface area (Å²) in [6.07, 6.45) is 0. The molecule has 1 fully saturated rings. The number of rotatable bonds is 3. The van der Waals surface area contributed by atoms with Crippen molar-refractivity contribution < 1.29 is 14.0 Å². The predicted octanol–water partition coefficient (Wildman–Crippen LogP) is 0.992. The standard InChI is InChI=1S/C6H7ClFN3O2S/c7-5(12)6(10-13-2-8)11-1-4(9)14-3-11/h9H,1-3H2. The van der Waals surface area contributed by atoms with Crippen LogP contribution < -0.4 is 0 Å². The molecule has 1 saturated heterocycles. The van der Waals surface area contributed by atoms with Gasteiger partial charge in [-0.2, -0.15) is 0 Å². The lowest BCUT2D eigenvalue weighted by atomic mass is 10.5. The third kappa shape index (κ3) is 2.85. The first-order chi connectivity index (χ1) is 6.65. The summed E-state index contributed by atoms with van der Waals surface area (Å²) in [6.45, 7) is -0.871. The minimum absolute atomic E-state index is 0.168. The summed E-state index contributed by atoms with van der Waals surface area (Å²) in [5.74, 6) is 0.227. The van der Waals surface area contributed by atoms with Crippen LogP contribution in [-0.4, -0.2) is 40.3 Å². The third-order valence-electron chi connectivity index (χ3n) is 1.40. The fourth-order valence-corrected chi connectivity index (χ4v) is 1.79. The van der Waals surface area contributed by atoms with E-state index in [1.165, 1.54) is 16.7 Å². The molecule has 0 spiro atoms. The van der Waals surface area contributed by atoms with Crippen molar-refractivity contribution in [2.24, 2.45) is 5.16 Å². The molecule has 78 valence electrons. The highest BCUT2D eigenvalue weighted by atomic mass is 35.5. The van der Waals surface area contributed by atoms with Gasteiger partial charge in [-0.1, -0.05) is 16.9 Å². The van der Waals surface area contributed by atoms with Crippen LogP contribution in [0.2, 0.25) is 0 Å². The molecule has 0 amide bonds. The van der Waals surface area contributed by atoms with Gasteiger partial charge in [0.05, 0.1) is 17.5 Å². The second-order valence-electron chi connectivity index (χ2n) is 2.32. The second kappa shape index (κ2) is 5.16. The number of amidine groups is 1. The summed E-state index contributed by atoms with van der Waals surface area (Å²) >= 11 is 6.47. The highest BCUT2D eigenvalue weighted by molar-refractivity contribution is 8.14. The van der Waals surface area contributed by atoms with Gasteiger partial charge in [-0.15, -0.1) is 0 Å². The molecule has 0 atom stereocenters. The van der Waals surface area contributed by atoms with E-state index < -0.39 is 12.1 Å². The van der Waals surface area contributed by atoms with Crippen molar-refractivity contribution in [2.45, 2.75) is 0 Å². The van der Waals surface area contributed by atoms with Crippen molar-refractivity contribution in [1.29, 1.82) is 5.41 Å². The zero-order chi connectivity index (χ0) is 10.6. The van der Waals surface area contributed by atoms with Gasteiger partial charge in [-0.3, -0.25) is 10.2 Å². The van der Waals surface area contributed by atoms with Crippen LogP contribution in [0.5, 0.6) is 0 Å². The zero-order valence-corrected chi connectivity index (χ0v) is 8.57. The van der Waals surface area contributed by atoms with Gasteiger partial charge < -0.3 is 9.74 Å². The van der Waals surface area contributed by atoms with Crippen LogP contribution in [0.4, 0.5) is 4.39 Å². The average Bonchev–Trinajstić information content (AvgIpc) is 2.52. The van der Waals surface area contributed by atoms with E-state index in [9.17, 15) is 9.18 Å². The predicted molar refractivity (Wildman–Crippen MR) is 52.2 cm³/mol. The topological polar surface area (TPSA) is 65.8 Å². The number of alkyl halides is 1. The Morgan fingerprint density at radius 3 is 3.00 bits per heavy atom. The van der Waals surface area contributed by atoms with Crippen LogP contribution in [0.15, 0.2) is 5.16 Å².